The summed E-state index contributed by atoms with van der Waals surface area (Å²) >= 11 is 0. The van der Waals surface area contributed by atoms with Crippen LogP contribution < -0.4 is 10.1 Å². The molecule has 0 aliphatic carbocycles. The summed E-state index contributed by atoms with van der Waals surface area (Å²) in [5.74, 6) is 0.984. The third-order valence-electron chi connectivity index (χ3n) is 2.68. The fourth-order valence-corrected chi connectivity index (χ4v) is 1.77. The smallest absolute Gasteiger partial charge is 0.310 e. The molecule has 0 aliphatic rings. The normalized spacial score (nSPS) is 10.1. The third-order valence-corrected chi connectivity index (χ3v) is 2.68. The Kier molecular flexibility index (Phi) is 4.49. The summed E-state index contributed by atoms with van der Waals surface area (Å²) in [4.78, 5) is 14.7. The van der Waals surface area contributed by atoms with Crippen LogP contribution in [0.5, 0.6) is 5.75 Å². The second-order valence-corrected chi connectivity index (χ2v) is 4.05. The van der Waals surface area contributed by atoms with Gasteiger partial charge < -0.3 is 10.1 Å². The lowest BCUT2D eigenvalue weighted by Crippen LogP contribution is -2.06. The standard InChI is InChI=1S/C14H15N3O3/c1-2-15-14-11(6-5-9-16-14)10-20-13-8-4-3-7-12(13)17(18)19/h3-9H,2,10H2,1H3,(H,15,16). The molecule has 20 heavy (non-hydrogen) atoms. The monoisotopic (exact) mass is 273 g/mol. The summed E-state index contributed by atoms with van der Waals surface area (Å²) in [5.41, 5.74) is 0.814. The number of ether oxygens (including phenoxy) is 1. The number of nitrogens with zero attached hydrogens (tertiary/aromatic N) is 2. The van der Waals surface area contributed by atoms with Crippen LogP contribution in [0.1, 0.15) is 12.5 Å². The van der Waals surface area contributed by atoms with E-state index in [9.17, 15) is 10.1 Å². The fourth-order valence-electron chi connectivity index (χ4n) is 1.77. The quantitative estimate of drug-likeness (QED) is 0.646. The Hall–Kier alpha value is -2.63. The van der Waals surface area contributed by atoms with Gasteiger partial charge in [-0.1, -0.05) is 18.2 Å². The SMILES string of the molecule is CCNc1ncccc1COc1ccccc1[N+](=O)[O-]. The van der Waals surface area contributed by atoms with E-state index in [1.54, 1.807) is 30.5 Å². The first-order valence-corrected chi connectivity index (χ1v) is 6.26. The van der Waals surface area contributed by atoms with E-state index in [1.165, 1.54) is 6.07 Å². The van der Waals surface area contributed by atoms with Crippen molar-refractivity contribution in [1.29, 1.82) is 0 Å². The van der Waals surface area contributed by atoms with Crippen molar-refractivity contribution in [2.75, 3.05) is 11.9 Å². The van der Waals surface area contributed by atoms with Crippen LogP contribution in [-0.4, -0.2) is 16.5 Å². The third kappa shape index (κ3) is 3.23. The largest absolute Gasteiger partial charge is 0.482 e. The van der Waals surface area contributed by atoms with Crippen LogP contribution in [0, 0.1) is 10.1 Å². The molecule has 0 spiro atoms. The number of nitro benzene ring substituents is 1. The minimum Gasteiger partial charge on any atom is -0.482 e. The molecule has 1 aromatic heterocycles. The van der Waals surface area contributed by atoms with Gasteiger partial charge in [-0.2, -0.15) is 0 Å². The fraction of sp³-hybridized carbons (Fsp3) is 0.214. The van der Waals surface area contributed by atoms with E-state index in [1.807, 2.05) is 13.0 Å². The van der Waals surface area contributed by atoms with Crippen molar-refractivity contribution in [2.45, 2.75) is 13.5 Å². The molecule has 0 fully saturated rings. The zero-order valence-electron chi connectivity index (χ0n) is 11.1. The van der Waals surface area contributed by atoms with E-state index in [2.05, 4.69) is 10.3 Å². The van der Waals surface area contributed by atoms with Crippen LogP contribution in [0.3, 0.4) is 0 Å². The molecule has 0 saturated carbocycles. The number of hydrogen-bond acceptors (Lipinski definition) is 5. The maximum atomic E-state index is 10.9. The molecule has 1 heterocycles. The van der Waals surface area contributed by atoms with Gasteiger partial charge in [-0.3, -0.25) is 10.1 Å². The molecule has 0 aliphatic heterocycles. The van der Waals surface area contributed by atoms with Crippen molar-refractivity contribution >= 4 is 11.5 Å². The molecule has 104 valence electrons. The number of nitrogens with one attached hydrogen (secondary N) is 1. The maximum Gasteiger partial charge on any atom is 0.310 e. The Bertz CT molecular complexity index is 602. The molecule has 2 rings (SSSR count). The predicted octanol–water partition coefficient (Wildman–Crippen LogP) is 3.00. The van der Waals surface area contributed by atoms with Crippen LogP contribution in [0.2, 0.25) is 0 Å². The first-order chi connectivity index (χ1) is 9.72. The van der Waals surface area contributed by atoms with Crippen molar-refractivity contribution in [1.82, 2.24) is 4.98 Å². The Morgan fingerprint density at radius 1 is 1.30 bits per heavy atom. The summed E-state index contributed by atoms with van der Waals surface area (Å²) < 4.78 is 5.55. The zero-order valence-corrected chi connectivity index (χ0v) is 11.1. The number of pyridine rings is 1. The molecule has 0 atom stereocenters. The molecule has 2 aromatic rings. The van der Waals surface area contributed by atoms with Gasteiger partial charge in [-0.05, 0) is 19.1 Å². The molecule has 0 amide bonds. The summed E-state index contributed by atoms with van der Waals surface area (Å²) in [6.07, 6.45) is 1.69. The molecular weight excluding hydrogens is 258 g/mol. The summed E-state index contributed by atoms with van der Waals surface area (Å²) in [6.45, 7) is 2.94. The van der Waals surface area contributed by atoms with Crippen molar-refractivity contribution in [3.63, 3.8) is 0 Å². The van der Waals surface area contributed by atoms with Gasteiger partial charge in [0.1, 0.15) is 12.4 Å². The average molecular weight is 273 g/mol. The highest BCUT2D eigenvalue weighted by atomic mass is 16.6. The minimum atomic E-state index is -0.455. The average Bonchev–Trinajstić information content (AvgIpc) is 2.47. The van der Waals surface area contributed by atoms with Crippen LogP contribution in [-0.2, 0) is 6.61 Å². The van der Waals surface area contributed by atoms with E-state index in [-0.39, 0.29) is 18.0 Å². The molecule has 0 saturated heterocycles. The lowest BCUT2D eigenvalue weighted by Gasteiger charge is -2.10. The van der Waals surface area contributed by atoms with Crippen LogP contribution in [0.25, 0.3) is 0 Å². The van der Waals surface area contributed by atoms with Gasteiger partial charge >= 0.3 is 5.69 Å². The number of rotatable bonds is 6. The first-order valence-electron chi connectivity index (χ1n) is 6.26. The summed E-state index contributed by atoms with van der Waals surface area (Å²) in [6, 6.07) is 10.00. The predicted molar refractivity (Wildman–Crippen MR) is 75.8 cm³/mol. The maximum absolute atomic E-state index is 10.9. The number of benzene rings is 1. The highest BCUT2D eigenvalue weighted by Crippen LogP contribution is 2.27. The molecule has 0 bridgehead atoms. The van der Waals surface area contributed by atoms with E-state index in [4.69, 9.17) is 4.74 Å². The van der Waals surface area contributed by atoms with E-state index in [0.717, 1.165) is 17.9 Å². The van der Waals surface area contributed by atoms with Gasteiger partial charge in [-0.15, -0.1) is 0 Å². The Balaban J connectivity index is 2.15. The van der Waals surface area contributed by atoms with Gasteiger partial charge in [0, 0.05) is 24.4 Å². The first kappa shape index (κ1) is 13.8. The van der Waals surface area contributed by atoms with Gasteiger partial charge in [0.25, 0.3) is 0 Å². The molecule has 6 heteroatoms. The zero-order chi connectivity index (χ0) is 14.4. The van der Waals surface area contributed by atoms with Crippen LogP contribution >= 0.6 is 0 Å². The number of aromatic nitrogens is 1. The molecule has 0 radical (unpaired) electrons. The number of nitro groups is 1. The van der Waals surface area contributed by atoms with Gasteiger partial charge in [0.2, 0.25) is 0 Å². The summed E-state index contributed by atoms with van der Waals surface area (Å²) in [7, 11) is 0. The minimum absolute atomic E-state index is 0.0404. The number of anilines is 1. The van der Waals surface area contributed by atoms with E-state index >= 15 is 0 Å². The lowest BCUT2D eigenvalue weighted by atomic mass is 10.2. The van der Waals surface area contributed by atoms with Gasteiger partial charge in [-0.25, -0.2) is 4.98 Å². The van der Waals surface area contributed by atoms with Crippen molar-refractivity contribution in [3.8, 4) is 5.75 Å². The van der Waals surface area contributed by atoms with Crippen LogP contribution in [0.15, 0.2) is 42.6 Å². The molecule has 6 nitrogen and oxygen atoms in total. The number of para-hydroxylation sites is 2. The van der Waals surface area contributed by atoms with Gasteiger partial charge in [0.05, 0.1) is 4.92 Å². The highest BCUT2D eigenvalue weighted by molar-refractivity contribution is 5.47. The Labute approximate surface area is 116 Å². The summed E-state index contributed by atoms with van der Waals surface area (Å²) in [5, 5.41) is 14.0. The molecular formula is C14H15N3O3. The second-order valence-electron chi connectivity index (χ2n) is 4.05. The highest BCUT2D eigenvalue weighted by Gasteiger charge is 2.14. The molecule has 1 aromatic carbocycles. The lowest BCUT2D eigenvalue weighted by molar-refractivity contribution is -0.385. The second kappa shape index (κ2) is 6.51. The van der Waals surface area contributed by atoms with E-state index < -0.39 is 4.92 Å². The van der Waals surface area contributed by atoms with Crippen molar-refractivity contribution in [2.24, 2.45) is 0 Å². The van der Waals surface area contributed by atoms with Crippen LogP contribution in [0.4, 0.5) is 11.5 Å². The molecule has 1 N–H and O–H groups in total. The Morgan fingerprint density at radius 2 is 2.10 bits per heavy atom. The topological polar surface area (TPSA) is 77.3 Å². The number of hydrogen-bond donors (Lipinski definition) is 1. The van der Waals surface area contributed by atoms with Gasteiger partial charge in [0.15, 0.2) is 5.75 Å². The van der Waals surface area contributed by atoms with E-state index in [0.29, 0.717) is 0 Å². The molecule has 0 unspecified atom stereocenters. The van der Waals surface area contributed by atoms with Crippen molar-refractivity contribution < 1.29 is 9.66 Å². The Morgan fingerprint density at radius 3 is 2.85 bits per heavy atom. The van der Waals surface area contributed by atoms with Crippen molar-refractivity contribution in [3.05, 3.63) is 58.3 Å².